The van der Waals surface area contributed by atoms with E-state index in [1.807, 2.05) is 0 Å². The Morgan fingerprint density at radius 2 is 1.45 bits per heavy atom. The van der Waals surface area contributed by atoms with Gasteiger partial charge >= 0.3 is 6.11 Å². The van der Waals surface area contributed by atoms with Gasteiger partial charge in [0.15, 0.2) is 0 Å². The molecule has 0 unspecified atom stereocenters. The molecule has 1 aliphatic rings. The third-order valence-electron chi connectivity index (χ3n) is 4.13. The first kappa shape index (κ1) is 17.4. The maximum absolute atomic E-state index is 14.0. The van der Waals surface area contributed by atoms with Crippen molar-refractivity contribution in [1.29, 1.82) is 0 Å². The number of benzene rings is 1. The number of alkyl halides is 2. The van der Waals surface area contributed by atoms with E-state index in [0.29, 0.717) is 5.92 Å². The van der Waals surface area contributed by atoms with Crippen LogP contribution in [-0.4, -0.2) is 5.60 Å². The van der Waals surface area contributed by atoms with Gasteiger partial charge in [0.05, 0.1) is 11.2 Å². The van der Waals surface area contributed by atoms with E-state index in [4.69, 9.17) is 4.89 Å². The summed E-state index contributed by atoms with van der Waals surface area (Å²) >= 11 is 0. The maximum Gasteiger partial charge on any atom is 0.408 e. The van der Waals surface area contributed by atoms with Crippen LogP contribution in [0.1, 0.15) is 70.4 Å². The molecule has 2 nitrogen and oxygen atoms in total. The van der Waals surface area contributed by atoms with E-state index in [1.54, 1.807) is 32.9 Å². The highest BCUT2D eigenvalue weighted by Crippen LogP contribution is 2.37. The quantitative estimate of drug-likeness (QED) is 0.518. The molecule has 1 aromatic carbocycles. The predicted molar refractivity (Wildman–Crippen MR) is 82.6 cm³/mol. The zero-order chi connectivity index (χ0) is 16.4. The summed E-state index contributed by atoms with van der Waals surface area (Å²) in [5.41, 5.74) is 0.190. The van der Waals surface area contributed by atoms with Gasteiger partial charge in [-0.2, -0.15) is 13.7 Å². The zero-order valence-corrected chi connectivity index (χ0v) is 13.9. The normalized spacial score (nSPS) is 23.5. The van der Waals surface area contributed by atoms with Crippen molar-refractivity contribution in [2.24, 2.45) is 5.92 Å². The number of hydrogen-bond acceptors (Lipinski definition) is 2. The van der Waals surface area contributed by atoms with Gasteiger partial charge in [0.25, 0.3) is 0 Å². The Kier molecular flexibility index (Phi) is 5.23. The van der Waals surface area contributed by atoms with Crippen molar-refractivity contribution in [3.8, 4) is 0 Å². The Morgan fingerprint density at radius 3 is 1.95 bits per heavy atom. The second-order valence-electron chi connectivity index (χ2n) is 7.37. The van der Waals surface area contributed by atoms with Crippen molar-refractivity contribution in [3.05, 3.63) is 35.4 Å². The fraction of sp³-hybridized carbons (Fsp3) is 0.667. The molecule has 1 fully saturated rings. The van der Waals surface area contributed by atoms with E-state index in [9.17, 15) is 8.78 Å². The Morgan fingerprint density at radius 1 is 0.909 bits per heavy atom. The summed E-state index contributed by atoms with van der Waals surface area (Å²) in [6, 6.07) is 6.48. The summed E-state index contributed by atoms with van der Waals surface area (Å²) in [6.45, 7) is 7.26. The highest BCUT2D eigenvalue weighted by molar-refractivity contribution is 5.27. The van der Waals surface area contributed by atoms with Gasteiger partial charge in [-0.15, -0.1) is 0 Å². The van der Waals surface area contributed by atoms with Crippen LogP contribution in [-0.2, 0) is 15.9 Å². The lowest BCUT2D eigenvalue weighted by atomic mass is 9.79. The first-order valence-corrected chi connectivity index (χ1v) is 8.02. The van der Waals surface area contributed by atoms with E-state index >= 15 is 0 Å². The monoisotopic (exact) mass is 312 g/mol. The van der Waals surface area contributed by atoms with Gasteiger partial charge < -0.3 is 0 Å². The highest BCUT2D eigenvalue weighted by Gasteiger charge is 2.36. The van der Waals surface area contributed by atoms with Crippen LogP contribution in [0.25, 0.3) is 0 Å². The van der Waals surface area contributed by atoms with Gasteiger partial charge in [0.2, 0.25) is 0 Å². The SMILES string of the molecule is CC1CCC(c2ccc(C(F)(F)OOC(C)(C)C)cc2)CC1. The lowest BCUT2D eigenvalue weighted by Crippen LogP contribution is -2.27. The molecule has 0 amide bonds. The molecule has 2 rings (SSSR count). The Bertz CT molecular complexity index is 469. The highest BCUT2D eigenvalue weighted by atomic mass is 19.3. The van der Waals surface area contributed by atoms with Gasteiger partial charge in [-0.05, 0) is 63.1 Å². The fourth-order valence-corrected chi connectivity index (χ4v) is 2.77. The zero-order valence-electron chi connectivity index (χ0n) is 13.9. The van der Waals surface area contributed by atoms with E-state index in [1.165, 1.54) is 25.0 Å². The van der Waals surface area contributed by atoms with Crippen LogP contribution >= 0.6 is 0 Å². The molecule has 0 atom stereocenters. The van der Waals surface area contributed by atoms with Crippen molar-refractivity contribution >= 4 is 0 Å². The molecule has 0 saturated heterocycles. The van der Waals surface area contributed by atoms with Crippen LogP contribution in [0.15, 0.2) is 24.3 Å². The third kappa shape index (κ3) is 4.75. The van der Waals surface area contributed by atoms with Crippen LogP contribution in [0.2, 0.25) is 0 Å². The standard InChI is InChI=1S/C18H26F2O2/c1-13-5-7-14(8-6-13)15-9-11-16(12-10-15)18(19,20)22-21-17(2,3)4/h9-14H,5-8H2,1-4H3. The first-order valence-electron chi connectivity index (χ1n) is 8.02. The lowest BCUT2D eigenvalue weighted by Gasteiger charge is -2.27. The van der Waals surface area contributed by atoms with Crippen molar-refractivity contribution in [2.45, 2.75) is 71.0 Å². The summed E-state index contributed by atoms with van der Waals surface area (Å²) in [5.74, 6) is 1.27. The molecule has 0 radical (unpaired) electrons. The van der Waals surface area contributed by atoms with E-state index in [0.717, 1.165) is 24.3 Å². The first-order chi connectivity index (χ1) is 10.2. The summed E-state index contributed by atoms with van der Waals surface area (Å²) in [5, 5.41) is 0. The molecule has 0 spiro atoms. The van der Waals surface area contributed by atoms with Crippen molar-refractivity contribution in [2.75, 3.05) is 0 Å². The molecule has 1 saturated carbocycles. The second-order valence-corrected chi connectivity index (χ2v) is 7.37. The molecular formula is C18H26F2O2. The van der Waals surface area contributed by atoms with E-state index < -0.39 is 11.7 Å². The molecule has 0 N–H and O–H groups in total. The average Bonchev–Trinajstić information content (AvgIpc) is 2.46. The summed E-state index contributed by atoms with van der Waals surface area (Å²) in [7, 11) is 0. The van der Waals surface area contributed by atoms with Gasteiger partial charge in [-0.3, -0.25) is 0 Å². The Labute approximate surface area is 131 Å². The van der Waals surface area contributed by atoms with Gasteiger partial charge in [-0.25, -0.2) is 4.89 Å². The Balaban J connectivity index is 2.01. The lowest BCUT2D eigenvalue weighted by molar-refractivity contribution is -0.476. The van der Waals surface area contributed by atoms with E-state index in [2.05, 4.69) is 11.8 Å². The van der Waals surface area contributed by atoms with Crippen LogP contribution in [0.5, 0.6) is 0 Å². The van der Waals surface area contributed by atoms with Crippen LogP contribution < -0.4 is 0 Å². The number of rotatable bonds is 4. The van der Waals surface area contributed by atoms with Crippen LogP contribution in [0, 0.1) is 5.92 Å². The molecule has 0 heterocycles. The minimum atomic E-state index is -3.44. The summed E-state index contributed by atoms with van der Waals surface area (Å²) in [4.78, 5) is 9.10. The molecule has 4 heteroatoms. The molecule has 0 aliphatic heterocycles. The molecule has 124 valence electrons. The maximum atomic E-state index is 14.0. The smallest absolute Gasteiger partial charge is 0.225 e. The van der Waals surface area contributed by atoms with Gasteiger partial charge in [0, 0.05) is 0 Å². The summed E-state index contributed by atoms with van der Waals surface area (Å²) in [6.07, 6.45) is 1.27. The number of halogens is 2. The van der Waals surface area contributed by atoms with E-state index in [-0.39, 0.29) is 5.56 Å². The second kappa shape index (κ2) is 6.63. The molecule has 1 aromatic rings. The molecule has 22 heavy (non-hydrogen) atoms. The third-order valence-corrected chi connectivity index (χ3v) is 4.13. The molecule has 0 aromatic heterocycles. The van der Waals surface area contributed by atoms with Crippen LogP contribution in [0.4, 0.5) is 8.78 Å². The average molecular weight is 312 g/mol. The Hall–Kier alpha value is -1.00. The van der Waals surface area contributed by atoms with Gasteiger partial charge in [-0.1, -0.05) is 31.9 Å². The predicted octanol–water partition coefficient (Wildman–Crippen LogP) is 5.78. The fourth-order valence-electron chi connectivity index (χ4n) is 2.77. The summed E-state index contributed by atoms with van der Waals surface area (Å²) < 4.78 is 27.9. The van der Waals surface area contributed by atoms with Crippen molar-refractivity contribution in [1.82, 2.24) is 0 Å². The van der Waals surface area contributed by atoms with Gasteiger partial charge in [0.1, 0.15) is 0 Å². The van der Waals surface area contributed by atoms with Crippen molar-refractivity contribution < 1.29 is 18.6 Å². The largest absolute Gasteiger partial charge is 0.408 e. The van der Waals surface area contributed by atoms with Crippen LogP contribution in [0.3, 0.4) is 0 Å². The number of hydrogen-bond donors (Lipinski definition) is 0. The molecule has 0 bridgehead atoms. The van der Waals surface area contributed by atoms with Crippen molar-refractivity contribution in [3.63, 3.8) is 0 Å². The molecule has 1 aliphatic carbocycles. The minimum Gasteiger partial charge on any atom is -0.225 e. The molecular weight excluding hydrogens is 286 g/mol. The topological polar surface area (TPSA) is 18.5 Å². The minimum absolute atomic E-state index is 0.176.